The standard InChI is InChI=1S/C18H19ClN2O5S/c19-16-7-6-14(20-18(22)13-26-15-4-2-1-3-5-15)12-17(16)27(23,24)21-8-10-25-11-9-21/h1-7,12H,8-11,13H2,(H,20,22). The summed E-state index contributed by atoms with van der Waals surface area (Å²) in [5, 5.41) is 2.72. The number of para-hydroxylation sites is 1. The number of nitrogens with one attached hydrogen (secondary N) is 1. The predicted molar refractivity (Wildman–Crippen MR) is 102 cm³/mol. The van der Waals surface area contributed by atoms with Crippen LogP contribution in [0.4, 0.5) is 5.69 Å². The molecule has 2 aromatic rings. The van der Waals surface area contributed by atoms with Crippen LogP contribution in [-0.4, -0.2) is 51.5 Å². The third kappa shape index (κ3) is 4.98. The highest BCUT2D eigenvalue weighted by molar-refractivity contribution is 7.89. The van der Waals surface area contributed by atoms with Crippen molar-refractivity contribution in [2.24, 2.45) is 0 Å². The van der Waals surface area contributed by atoms with Crippen LogP contribution in [0.3, 0.4) is 0 Å². The summed E-state index contributed by atoms with van der Waals surface area (Å²) in [6.07, 6.45) is 0. The third-order valence-electron chi connectivity index (χ3n) is 3.92. The first-order valence-electron chi connectivity index (χ1n) is 8.32. The van der Waals surface area contributed by atoms with Gasteiger partial charge in [0, 0.05) is 18.8 Å². The molecule has 2 aromatic carbocycles. The fourth-order valence-corrected chi connectivity index (χ4v) is 4.48. The molecule has 0 saturated carbocycles. The molecule has 0 radical (unpaired) electrons. The number of carbonyl (C=O) groups is 1. The molecule has 1 heterocycles. The van der Waals surface area contributed by atoms with Gasteiger partial charge in [0.1, 0.15) is 10.6 Å². The highest BCUT2D eigenvalue weighted by atomic mass is 35.5. The molecule has 1 aliphatic rings. The van der Waals surface area contributed by atoms with E-state index in [2.05, 4.69) is 5.32 Å². The van der Waals surface area contributed by atoms with Crippen LogP contribution in [0.5, 0.6) is 5.75 Å². The molecule has 9 heteroatoms. The van der Waals surface area contributed by atoms with E-state index in [1.165, 1.54) is 16.4 Å². The van der Waals surface area contributed by atoms with Crippen molar-refractivity contribution in [2.75, 3.05) is 38.2 Å². The number of carbonyl (C=O) groups excluding carboxylic acids is 1. The summed E-state index contributed by atoms with van der Waals surface area (Å²) in [7, 11) is -3.77. The van der Waals surface area contributed by atoms with E-state index < -0.39 is 15.9 Å². The largest absolute Gasteiger partial charge is 0.484 e. The van der Waals surface area contributed by atoms with Gasteiger partial charge in [0.25, 0.3) is 5.91 Å². The maximum absolute atomic E-state index is 12.8. The van der Waals surface area contributed by atoms with Crippen molar-refractivity contribution in [1.82, 2.24) is 4.31 Å². The average Bonchev–Trinajstić information content (AvgIpc) is 2.69. The van der Waals surface area contributed by atoms with Crippen LogP contribution in [0.15, 0.2) is 53.4 Å². The molecule has 27 heavy (non-hydrogen) atoms. The van der Waals surface area contributed by atoms with E-state index in [0.29, 0.717) is 24.7 Å². The van der Waals surface area contributed by atoms with Gasteiger partial charge in [0.2, 0.25) is 10.0 Å². The summed E-state index contributed by atoms with van der Waals surface area (Å²) >= 11 is 6.10. The highest BCUT2D eigenvalue weighted by Crippen LogP contribution is 2.28. The number of hydrogen-bond donors (Lipinski definition) is 1. The molecule has 1 saturated heterocycles. The van der Waals surface area contributed by atoms with Gasteiger partial charge in [-0.05, 0) is 30.3 Å². The minimum atomic E-state index is -3.77. The number of benzene rings is 2. The second-order valence-corrected chi connectivity index (χ2v) is 8.13. The first-order chi connectivity index (χ1) is 13.0. The number of morpholine rings is 1. The maximum Gasteiger partial charge on any atom is 0.262 e. The number of nitrogens with zero attached hydrogens (tertiary/aromatic N) is 1. The average molecular weight is 411 g/mol. The fraction of sp³-hybridized carbons (Fsp3) is 0.278. The summed E-state index contributed by atoms with van der Waals surface area (Å²) < 4.78 is 37.5. The SMILES string of the molecule is O=C(COc1ccccc1)Nc1ccc(Cl)c(S(=O)(=O)N2CCOCC2)c1. The van der Waals surface area contributed by atoms with Crippen LogP contribution < -0.4 is 10.1 Å². The van der Waals surface area contributed by atoms with E-state index in [-0.39, 0.29) is 29.6 Å². The Labute approximate surface area is 162 Å². The van der Waals surface area contributed by atoms with E-state index in [9.17, 15) is 13.2 Å². The van der Waals surface area contributed by atoms with Crippen molar-refractivity contribution in [3.8, 4) is 5.75 Å². The minimum Gasteiger partial charge on any atom is -0.484 e. The van der Waals surface area contributed by atoms with Crippen molar-refractivity contribution in [3.05, 3.63) is 53.6 Å². The van der Waals surface area contributed by atoms with Crippen molar-refractivity contribution in [1.29, 1.82) is 0 Å². The lowest BCUT2D eigenvalue weighted by Gasteiger charge is -2.26. The molecule has 144 valence electrons. The van der Waals surface area contributed by atoms with Crippen LogP contribution in [-0.2, 0) is 19.6 Å². The highest BCUT2D eigenvalue weighted by Gasteiger charge is 2.28. The van der Waals surface area contributed by atoms with Crippen LogP contribution in [0, 0.1) is 0 Å². The van der Waals surface area contributed by atoms with E-state index in [1.54, 1.807) is 30.3 Å². The Morgan fingerprint density at radius 3 is 2.56 bits per heavy atom. The Hall–Kier alpha value is -2.13. The number of sulfonamides is 1. The van der Waals surface area contributed by atoms with Gasteiger partial charge in [0.15, 0.2) is 6.61 Å². The van der Waals surface area contributed by atoms with Crippen LogP contribution in [0.25, 0.3) is 0 Å². The first-order valence-corrected chi connectivity index (χ1v) is 10.1. The molecule has 1 N–H and O–H groups in total. The van der Waals surface area contributed by atoms with Gasteiger partial charge in [-0.25, -0.2) is 8.42 Å². The lowest BCUT2D eigenvalue weighted by Crippen LogP contribution is -2.40. The quantitative estimate of drug-likeness (QED) is 0.790. The Morgan fingerprint density at radius 1 is 1.15 bits per heavy atom. The molecule has 1 aliphatic heterocycles. The molecule has 7 nitrogen and oxygen atoms in total. The normalized spacial score (nSPS) is 15.3. The zero-order valence-electron chi connectivity index (χ0n) is 14.4. The van der Waals surface area contributed by atoms with E-state index in [1.807, 2.05) is 6.07 Å². The summed E-state index contributed by atoms with van der Waals surface area (Å²) in [4.78, 5) is 12.0. The van der Waals surface area contributed by atoms with Gasteiger partial charge in [-0.15, -0.1) is 0 Å². The van der Waals surface area contributed by atoms with Crippen molar-refractivity contribution < 1.29 is 22.7 Å². The monoisotopic (exact) mass is 410 g/mol. The van der Waals surface area contributed by atoms with Crippen LogP contribution in [0.1, 0.15) is 0 Å². The molecule has 0 aromatic heterocycles. The molecule has 0 atom stereocenters. The molecule has 3 rings (SSSR count). The van der Waals surface area contributed by atoms with Crippen molar-refractivity contribution >= 4 is 33.2 Å². The van der Waals surface area contributed by atoms with Crippen molar-refractivity contribution in [3.63, 3.8) is 0 Å². The smallest absolute Gasteiger partial charge is 0.262 e. The molecule has 0 bridgehead atoms. The van der Waals surface area contributed by atoms with E-state index in [4.69, 9.17) is 21.1 Å². The lowest BCUT2D eigenvalue weighted by molar-refractivity contribution is -0.118. The number of hydrogen-bond acceptors (Lipinski definition) is 5. The number of halogens is 1. The number of amides is 1. The minimum absolute atomic E-state index is 0.0483. The molecule has 1 amide bonds. The van der Waals surface area contributed by atoms with Gasteiger partial charge in [0.05, 0.1) is 18.2 Å². The summed E-state index contributed by atoms with van der Waals surface area (Å²) in [5.41, 5.74) is 0.327. The van der Waals surface area contributed by atoms with Crippen LogP contribution in [0.2, 0.25) is 5.02 Å². The molecule has 0 aliphatic carbocycles. The van der Waals surface area contributed by atoms with Crippen molar-refractivity contribution in [2.45, 2.75) is 4.90 Å². The number of rotatable bonds is 6. The molecule has 1 fully saturated rings. The molecular weight excluding hydrogens is 392 g/mol. The number of ether oxygens (including phenoxy) is 2. The fourth-order valence-electron chi connectivity index (χ4n) is 2.57. The summed E-state index contributed by atoms with van der Waals surface area (Å²) in [5.74, 6) is 0.162. The molecule has 0 spiro atoms. The zero-order valence-corrected chi connectivity index (χ0v) is 16.0. The third-order valence-corrected chi connectivity index (χ3v) is 6.30. The Bertz CT molecular complexity index is 899. The van der Waals surface area contributed by atoms with E-state index in [0.717, 1.165) is 0 Å². The Balaban J connectivity index is 1.70. The van der Waals surface area contributed by atoms with Crippen LogP contribution >= 0.6 is 11.6 Å². The van der Waals surface area contributed by atoms with E-state index >= 15 is 0 Å². The second kappa shape index (κ2) is 8.71. The Kier molecular flexibility index (Phi) is 6.33. The predicted octanol–water partition coefficient (Wildman–Crippen LogP) is 2.38. The van der Waals surface area contributed by atoms with Gasteiger partial charge >= 0.3 is 0 Å². The van der Waals surface area contributed by atoms with Gasteiger partial charge < -0.3 is 14.8 Å². The summed E-state index contributed by atoms with van der Waals surface area (Å²) in [6.45, 7) is 1.01. The lowest BCUT2D eigenvalue weighted by atomic mass is 10.3. The Morgan fingerprint density at radius 2 is 1.85 bits per heavy atom. The zero-order chi connectivity index (χ0) is 19.3. The van der Waals surface area contributed by atoms with Gasteiger partial charge in [-0.3, -0.25) is 4.79 Å². The number of anilines is 1. The molecule has 0 unspecified atom stereocenters. The second-order valence-electron chi connectivity index (χ2n) is 5.81. The van der Waals surface area contributed by atoms with Gasteiger partial charge in [-0.1, -0.05) is 29.8 Å². The van der Waals surface area contributed by atoms with Gasteiger partial charge in [-0.2, -0.15) is 4.31 Å². The molecular formula is C18H19ClN2O5S. The topological polar surface area (TPSA) is 84.9 Å². The first kappa shape index (κ1) is 19.6. The maximum atomic E-state index is 12.8. The summed E-state index contributed by atoms with van der Waals surface area (Å²) in [6, 6.07) is 13.3.